The van der Waals surface area contributed by atoms with Gasteiger partial charge in [0.15, 0.2) is 0 Å². The fraction of sp³-hybridized carbons (Fsp3) is 0.389. The number of rotatable bonds is 4. The summed E-state index contributed by atoms with van der Waals surface area (Å²) >= 11 is 6.23. The summed E-state index contributed by atoms with van der Waals surface area (Å²) in [6, 6.07) is 11.3. The maximum Gasteiger partial charge on any atom is 0.322 e. The largest absolute Gasteiger partial charge is 0.385 e. The summed E-state index contributed by atoms with van der Waals surface area (Å²) in [7, 11) is 1.67. The van der Waals surface area contributed by atoms with Crippen molar-refractivity contribution in [3.05, 3.63) is 41.4 Å². The Hall–Kier alpha value is -1.82. The van der Waals surface area contributed by atoms with E-state index in [0.717, 1.165) is 22.9 Å². The van der Waals surface area contributed by atoms with Crippen molar-refractivity contribution in [3.63, 3.8) is 0 Å². The van der Waals surface area contributed by atoms with E-state index >= 15 is 0 Å². The molecule has 128 valence electrons. The molecule has 1 atom stereocenters. The number of hydrogen-bond acceptors (Lipinski definition) is 3. The monoisotopic (exact) mass is 348 g/mol. The molecule has 1 saturated heterocycles. The van der Waals surface area contributed by atoms with E-state index in [9.17, 15) is 4.79 Å². The third-order valence-electron chi connectivity index (χ3n) is 4.18. The first-order valence-corrected chi connectivity index (χ1v) is 8.40. The molecule has 0 aromatic heterocycles. The number of hydrogen-bond donors (Lipinski definition) is 1. The van der Waals surface area contributed by atoms with Gasteiger partial charge in [-0.05, 0) is 18.6 Å². The molecule has 1 aliphatic heterocycles. The Morgan fingerprint density at radius 3 is 2.92 bits per heavy atom. The van der Waals surface area contributed by atoms with E-state index in [4.69, 9.17) is 21.1 Å². The Morgan fingerprint density at radius 2 is 2.12 bits per heavy atom. The minimum Gasteiger partial charge on any atom is -0.385 e. The molecule has 2 amide bonds. The van der Waals surface area contributed by atoms with E-state index in [0.29, 0.717) is 31.3 Å². The van der Waals surface area contributed by atoms with Crippen LogP contribution in [0.25, 0.3) is 10.8 Å². The van der Waals surface area contributed by atoms with Crippen LogP contribution in [0.15, 0.2) is 36.4 Å². The first-order chi connectivity index (χ1) is 11.7. The fourth-order valence-electron chi connectivity index (χ4n) is 2.89. The molecule has 5 nitrogen and oxygen atoms in total. The van der Waals surface area contributed by atoms with E-state index in [-0.39, 0.29) is 12.1 Å². The van der Waals surface area contributed by atoms with Crippen molar-refractivity contribution < 1.29 is 14.3 Å². The molecule has 0 saturated carbocycles. The molecule has 0 unspecified atom stereocenters. The SMILES string of the molecule is COCC[C@H]1CN(C(=O)Nc2ccc(Cl)c3ccccc23)CCO1. The molecule has 1 heterocycles. The Bertz CT molecular complexity index is 722. The van der Waals surface area contributed by atoms with Crippen molar-refractivity contribution >= 4 is 34.1 Å². The molecule has 1 fully saturated rings. The zero-order valence-corrected chi connectivity index (χ0v) is 14.4. The normalized spacial score (nSPS) is 17.9. The predicted octanol–water partition coefficient (Wildman–Crippen LogP) is 3.76. The van der Waals surface area contributed by atoms with Crippen LogP contribution < -0.4 is 5.32 Å². The van der Waals surface area contributed by atoms with Crippen molar-refractivity contribution in [2.45, 2.75) is 12.5 Å². The summed E-state index contributed by atoms with van der Waals surface area (Å²) in [5.74, 6) is 0. The zero-order chi connectivity index (χ0) is 16.9. The number of nitrogens with one attached hydrogen (secondary N) is 1. The van der Waals surface area contributed by atoms with Crippen LogP contribution in [0.1, 0.15) is 6.42 Å². The van der Waals surface area contributed by atoms with E-state index < -0.39 is 0 Å². The Balaban J connectivity index is 1.72. The topological polar surface area (TPSA) is 50.8 Å². The fourth-order valence-corrected chi connectivity index (χ4v) is 3.12. The van der Waals surface area contributed by atoms with Gasteiger partial charge in [-0.3, -0.25) is 0 Å². The quantitative estimate of drug-likeness (QED) is 0.915. The van der Waals surface area contributed by atoms with Gasteiger partial charge in [0.1, 0.15) is 0 Å². The van der Waals surface area contributed by atoms with Gasteiger partial charge in [-0.1, -0.05) is 35.9 Å². The Labute approximate surface area is 146 Å². The number of anilines is 1. The third-order valence-corrected chi connectivity index (χ3v) is 4.51. The van der Waals surface area contributed by atoms with Crippen LogP contribution in [-0.4, -0.2) is 50.4 Å². The lowest BCUT2D eigenvalue weighted by Crippen LogP contribution is -2.47. The Kier molecular flexibility index (Phi) is 5.56. The molecule has 0 radical (unpaired) electrons. The summed E-state index contributed by atoms with van der Waals surface area (Å²) in [6.07, 6.45) is 0.802. The second-order valence-corrected chi connectivity index (χ2v) is 6.20. The summed E-state index contributed by atoms with van der Waals surface area (Å²) in [5, 5.41) is 5.54. The average molecular weight is 349 g/mol. The lowest BCUT2D eigenvalue weighted by atomic mass is 10.1. The zero-order valence-electron chi connectivity index (χ0n) is 13.6. The smallest absolute Gasteiger partial charge is 0.322 e. The molecule has 1 N–H and O–H groups in total. The molecule has 2 aromatic rings. The van der Waals surface area contributed by atoms with Crippen molar-refractivity contribution in [3.8, 4) is 0 Å². The van der Waals surface area contributed by atoms with Crippen molar-refractivity contribution in [2.75, 3.05) is 38.7 Å². The lowest BCUT2D eigenvalue weighted by Gasteiger charge is -2.33. The first-order valence-electron chi connectivity index (χ1n) is 8.02. The number of nitrogens with zero attached hydrogens (tertiary/aromatic N) is 1. The maximum absolute atomic E-state index is 12.6. The highest BCUT2D eigenvalue weighted by molar-refractivity contribution is 6.36. The van der Waals surface area contributed by atoms with E-state index in [1.165, 1.54) is 0 Å². The van der Waals surface area contributed by atoms with E-state index in [1.54, 1.807) is 18.1 Å². The summed E-state index contributed by atoms with van der Waals surface area (Å²) in [6.45, 7) is 2.33. The molecule has 1 aliphatic rings. The first kappa shape index (κ1) is 17.0. The second-order valence-electron chi connectivity index (χ2n) is 5.79. The second kappa shape index (κ2) is 7.83. The lowest BCUT2D eigenvalue weighted by molar-refractivity contribution is -0.0260. The summed E-state index contributed by atoms with van der Waals surface area (Å²) in [4.78, 5) is 14.4. The molecule has 24 heavy (non-hydrogen) atoms. The number of ether oxygens (including phenoxy) is 2. The van der Waals surface area contributed by atoms with Crippen molar-refractivity contribution in [1.82, 2.24) is 4.90 Å². The van der Waals surface area contributed by atoms with Gasteiger partial charge in [0.2, 0.25) is 0 Å². The van der Waals surface area contributed by atoms with Crippen LogP contribution >= 0.6 is 11.6 Å². The van der Waals surface area contributed by atoms with Crippen LogP contribution in [0.4, 0.5) is 10.5 Å². The van der Waals surface area contributed by atoms with Gasteiger partial charge < -0.3 is 19.7 Å². The standard InChI is InChI=1S/C18H21ClN2O3/c1-23-10-8-13-12-21(9-11-24-13)18(22)20-17-7-6-16(19)14-4-2-3-5-15(14)17/h2-7,13H,8-12H2,1H3,(H,20,22)/t13-/m0/s1. The minimum atomic E-state index is -0.117. The number of carbonyl (C=O) groups excluding carboxylic acids is 1. The average Bonchev–Trinajstić information content (AvgIpc) is 2.63. The summed E-state index contributed by atoms with van der Waals surface area (Å²) < 4.78 is 10.8. The predicted molar refractivity (Wildman–Crippen MR) is 95.8 cm³/mol. The number of methoxy groups -OCH3 is 1. The number of morpholine rings is 1. The van der Waals surface area contributed by atoms with Crippen LogP contribution in [0, 0.1) is 0 Å². The molecule has 0 bridgehead atoms. The van der Waals surface area contributed by atoms with Gasteiger partial charge in [-0.15, -0.1) is 0 Å². The van der Waals surface area contributed by atoms with Crippen molar-refractivity contribution in [1.29, 1.82) is 0 Å². The number of fused-ring (bicyclic) bond motifs is 1. The molecule has 0 aliphatic carbocycles. The van der Waals surface area contributed by atoms with Gasteiger partial charge in [0, 0.05) is 42.6 Å². The molecule has 2 aromatic carbocycles. The third kappa shape index (κ3) is 3.80. The maximum atomic E-state index is 12.6. The molecular formula is C18H21ClN2O3. The van der Waals surface area contributed by atoms with E-state index in [2.05, 4.69) is 5.32 Å². The molecule has 6 heteroatoms. The van der Waals surface area contributed by atoms with Gasteiger partial charge in [0.25, 0.3) is 0 Å². The number of benzene rings is 2. The number of halogens is 1. The van der Waals surface area contributed by atoms with Crippen LogP contribution in [0.2, 0.25) is 5.02 Å². The van der Waals surface area contributed by atoms with Crippen LogP contribution in [0.3, 0.4) is 0 Å². The molecule has 0 spiro atoms. The van der Waals surface area contributed by atoms with Gasteiger partial charge >= 0.3 is 6.03 Å². The molecule has 3 rings (SSSR count). The van der Waals surface area contributed by atoms with Crippen LogP contribution in [0.5, 0.6) is 0 Å². The van der Waals surface area contributed by atoms with Gasteiger partial charge in [-0.2, -0.15) is 0 Å². The highest BCUT2D eigenvalue weighted by atomic mass is 35.5. The number of urea groups is 1. The van der Waals surface area contributed by atoms with Crippen molar-refractivity contribution in [2.24, 2.45) is 0 Å². The van der Waals surface area contributed by atoms with Gasteiger partial charge in [0.05, 0.1) is 18.4 Å². The highest BCUT2D eigenvalue weighted by Gasteiger charge is 2.24. The highest BCUT2D eigenvalue weighted by Crippen LogP contribution is 2.29. The summed E-state index contributed by atoms with van der Waals surface area (Å²) in [5.41, 5.74) is 0.764. The van der Waals surface area contributed by atoms with E-state index in [1.807, 2.05) is 30.3 Å². The Morgan fingerprint density at radius 1 is 1.33 bits per heavy atom. The van der Waals surface area contributed by atoms with Crippen LogP contribution in [-0.2, 0) is 9.47 Å². The van der Waals surface area contributed by atoms with Gasteiger partial charge in [-0.25, -0.2) is 4.79 Å². The minimum absolute atomic E-state index is 0.0198. The number of amides is 2. The number of carbonyl (C=O) groups is 1. The molecular weight excluding hydrogens is 328 g/mol.